The van der Waals surface area contributed by atoms with Crippen LogP contribution in [0.1, 0.15) is 17.2 Å². The van der Waals surface area contributed by atoms with Crippen LogP contribution in [0, 0.1) is 0 Å². The molecule has 20 heavy (non-hydrogen) atoms. The Balaban J connectivity index is 1.95. The molecule has 0 aliphatic carbocycles. The van der Waals surface area contributed by atoms with Crippen LogP contribution in [0.3, 0.4) is 0 Å². The minimum atomic E-state index is -0.200. The summed E-state index contributed by atoms with van der Waals surface area (Å²) in [6.45, 7) is 0. The van der Waals surface area contributed by atoms with Crippen LogP contribution in [0.5, 0.6) is 0 Å². The van der Waals surface area contributed by atoms with Gasteiger partial charge in [-0.1, -0.05) is 47.5 Å². The molecule has 0 saturated carbocycles. The SMILES string of the molecule is NC(Cc1csc2ccccc12)c1c(Cl)cccc1Cl. The number of nitrogens with two attached hydrogens (primary N) is 1. The third-order valence-electron chi connectivity index (χ3n) is 3.37. The molecule has 0 fully saturated rings. The maximum Gasteiger partial charge on any atom is 0.0468 e. The highest BCUT2D eigenvalue weighted by Gasteiger charge is 2.16. The molecule has 0 radical (unpaired) electrons. The number of hydrogen-bond donors (Lipinski definition) is 1. The summed E-state index contributed by atoms with van der Waals surface area (Å²) < 4.78 is 1.28. The number of benzene rings is 2. The number of fused-ring (bicyclic) bond motifs is 1. The first-order valence-corrected chi connectivity index (χ1v) is 7.95. The third kappa shape index (κ3) is 2.57. The van der Waals surface area contributed by atoms with Gasteiger partial charge in [-0.05, 0) is 40.9 Å². The quantitative estimate of drug-likeness (QED) is 0.681. The Bertz CT molecular complexity index is 731. The second-order valence-corrected chi connectivity index (χ2v) is 6.43. The Morgan fingerprint density at radius 2 is 1.70 bits per heavy atom. The van der Waals surface area contributed by atoms with Gasteiger partial charge in [-0.3, -0.25) is 0 Å². The second-order valence-electron chi connectivity index (χ2n) is 4.70. The van der Waals surface area contributed by atoms with Gasteiger partial charge in [-0.15, -0.1) is 11.3 Å². The van der Waals surface area contributed by atoms with Crippen molar-refractivity contribution < 1.29 is 0 Å². The van der Waals surface area contributed by atoms with Crippen LogP contribution >= 0.6 is 34.5 Å². The maximum absolute atomic E-state index is 6.31. The summed E-state index contributed by atoms with van der Waals surface area (Å²) in [5, 5.41) is 4.68. The van der Waals surface area contributed by atoms with E-state index in [1.165, 1.54) is 15.6 Å². The van der Waals surface area contributed by atoms with E-state index >= 15 is 0 Å². The van der Waals surface area contributed by atoms with Gasteiger partial charge < -0.3 is 5.73 Å². The number of halogens is 2. The Kier molecular flexibility index (Phi) is 3.99. The molecule has 0 aliphatic rings. The van der Waals surface area contributed by atoms with E-state index in [0.717, 1.165) is 12.0 Å². The van der Waals surface area contributed by atoms with Gasteiger partial charge in [0.25, 0.3) is 0 Å². The molecular formula is C16H13Cl2NS. The first-order valence-electron chi connectivity index (χ1n) is 6.31. The Labute approximate surface area is 131 Å². The second kappa shape index (κ2) is 5.74. The van der Waals surface area contributed by atoms with Gasteiger partial charge in [0.15, 0.2) is 0 Å². The van der Waals surface area contributed by atoms with Crippen LogP contribution in [0.25, 0.3) is 10.1 Å². The zero-order valence-corrected chi connectivity index (χ0v) is 13.0. The third-order valence-corrected chi connectivity index (χ3v) is 5.04. The molecule has 2 aromatic carbocycles. The summed E-state index contributed by atoms with van der Waals surface area (Å²) in [5.74, 6) is 0. The summed E-state index contributed by atoms with van der Waals surface area (Å²) in [6, 6.07) is 13.6. The standard InChI is InChI=1S/C16H13Cl2NS/c17-12-5-3-6-13(18)16(12)14(19)8-10-9-20-15-7-2-1-4-11(10)15/h1-7,9,14H,8,19H2. The molecule has 3 aromatic rings. The van der Waals surface area contributed by atoms with Crippen molar-refractivity contribution in [1.82, 2.24) is 0 Å². The zero-order chi connectivity index (χ0) is 14.1. The first kappa shape index (κ1) is 13.9. The smallest absolute Gasteiger partial charge is 0.0468 e. The maximum atomic E-state index is 6.31. The lowest BCUT2D eigenvalue weighted by atomic mass is 9.99. The van der Waals surface area contributed by atoms with E-state index < -0.39 is 0 Å². The summed E-state index contributed by atoms with van der Waals surface area (Å²) >= 11 is 14.2. The van der Waals surface area contributed by atoms with Gasteiger partial charge in [0, 0.05) is 26.4 Å². The topological polar surface area (TPSA) is 26.0 Å². The highest BCUT2D eigenvalue weighted by atomic mass is 35.5. The molecule has 0 saturated heterocycles. The normalized spacial score (nSPS) is 12.8. The highest BCUT2D eigenvalue weighted by molar-refractivity contribution is 7.17. The van der Waals surface area contributed by atoms with E-state index in [-0.39, 0.29) is 6.04 Å². The molecule has 4 heteroatoms. The molecule has 102 valence electrons. The lowest BCUT2D eigenvalue weighted by Gasteiger charge is -2.15. The molecule has 0 bridgehead atoms. The van der Waals surface area contributed by atoms with E-state index in [1.807, 2.05) is 30.3 Å². The number of hydrogen-bond acceptors (Lipinski definition) is 2. The van der Waals surface area contributed by atoms with Gasteiger partial charge in [0.1, 0.15) is 0 Å². The lowest BCUT2D eigenvalue weighted by Crippen LogP contribution is -2.14. The van der Waals surface area contributed by atoms with E-state index in [4.69, 9.17) is 28.9 Å². The largest absolute Gasteiger partial charge is 0.324 e. The minimum absolute atomic E-state index is 0.200. The van der Waals surface area contributed by atoms with Crippen LogP contribution in [0.15, 0.2) is 47.8 Å². The molecule has 3 rings (SSSR count). The predicted molar refractivity (Wildman–Crippen MR) is 88.9 cm³/mol. The van der Waals surface area contributed by atoms with Crippen molar-refractivity contribution in [3.05, 3.63) is 69.0 Å². The molecule has 2 N–H and O–H groups in total. The van der Waals surface area contributed by atoms with Gasteiger partial charge in [-0.2, -0.15) is 0 Å². The number of rotatable bonds is 3. The van der Waals surface area contributed by atoms with Gasteiger partial charge in [0.05, 0.1) is 0 Å². The van der Waals surface area contributed by atoms with Crippen LogP contribution in [-0.2, 0) is 6.42 Å². The molecule has 1 heterocycles. The molecule has 1 atom stereocenters. The average molecular weight is 322 g/mol. The lowest BCUT2D eigenvalue weighted by molar-refractivity contribution is 0.727. The fourth-order valence-corrected chi connectivity index (χ4v) is 4.05. The Hall–Kier alpha value is -1.06. The monoisotopic (exact) mass is 321 g/mol. The van der Waals surface area contributed by atoms with Gasteiger partial charge >= 0.3 is 0 Å². The van der Waals surface area contributed by atoms with E-state index in [1.54, 1.807) is 11.3 Å². The fourth-order valence-electron chi connectivity index (χ4n) is 2.39. The molecule has 1 aromatic heterocycles. The molecule has 0 aliphatic heterocycles. The zero-order valence-electron chi connectivity index (χ0n) is 10.6. The Morgan fingerprint density at radius 3 is 2.45 bits per heavy atom. The highest BCUT2D eigenvalue weighted by Crippen LogP contribution is 2.33. The van der Waals surface area contributed by atoms with E-state index in [0.29, 0.717) is 10.0 Å². The van der Waals surface area contributed by atoms with Crippen molar-refractivity contribution in [2.75, 3.05) is 0 Å². The fraction of sp³-hybridized carbons (Fsp3) is 0.125. The summed E-state index contributed by atoms with van der Waals surface area (Å²) in [4.78, 5) is 0. The van der Waals surface area contributed by atoms with Crippen LogP contribution in [0.2, 0.25) is 10.0 Å². The first-order chi connectivity index (χ1) is 9.66. The molecule has 0 spiro atoms. The number of thiophene rings is 1. The van der Waals surface area contributed by atoms with Crippen LogP contribution in [-0.4, -0.2) is 0 Å². The van der Waals surface area contributed by atoms with Crippen molar-refractivity contribution in [3.63, 3.8) is 0 Å². The van der Waals surface area contributed by atoms with Gasteiger partial charge in [-0.25, -0.2) is 0 Å². The molecule has 1 unspecified atom stereocenters. The summed E-state index contributed by atoms with van der Waals surface area (Å²) in [6.07, 6.45) is 0.730. The van der Waals surface area contributed by atoms with Crippen LogP contribution < -0.4 is 5.73 Å². The summed E-state index contributed by atoms with van der Waals surface area (Å²) in [5.41, 5.74) is 8.38. The molecule has 0 amide bonds. The average Bonchev–Trinajstić information content (AvgIpc) is 2.82. The minimum Gasteiger partial charge on any atom is -0.324 e. The van der Waals surface area contributed by atoms with Crippen molar-refractivity contribution in [2.24, 2.45) is 5.73 Å². The molecular weight excluding hydrogens is 309 g/mol. The van der Waals surface area contributed by atoms with Crippen molar-refractivity contribution in [2.45, 2.75) is 12.5 Å². The Morgan fingerprint density at radius 1 is 1.00 bits per heavy atom. The van der Waals surface area contributed by atoms with Crippen molar-refractivity contribution in [1.29, 1.82) is 0 Å². The van der Waals surface area contributed by atoms with Crippen molar-refractivity contribution in [3.8, 4) is 0 Å². The van der Waals surface area contributed by atoms with E-state index in [2.05, 4.69) is 17.5 Å². The predicted octanol–water partition coefficient (Wildman–Crippen LogP) is 5.45. The van der Waals surface area contributed by atoms with Crippen LogP contribution in [0.4, 0.5) is 0 Å². The van der Waals surface area contributed by atoms with E-state index in [9.17, 15) is 0 Å². The van der Waals surface area contributed by atoms with Gasteiger partial charge in [0.2, 0.25) is 0 Å². The van der Waals surface area contributed by atoms with Crippen molar-refractivity contribution >= 4 is 44.6 Å². The molecule has 1 nitrogen and oxygen atoms in total. The summed E-state index contributed by atoms with van der Waals surface area (Å²) in [7, 11) is 0.